The molecule has 98 valence electrons. The lowest BCUT2D eigenvalue weighted by atomic mass is 9.73. The summed E-state index contributed by atoms with van der Waals surface area (Å²) in [5.41, 5.74) is 2.67. The average Bonchev–Trinajstić information content (AvgIpc) is 3.31. The monoisotopic (exact) mass is 247 g/mol. The lowest BCUT2D eigenvalue weighted by Gasteiger charge is -2.30. The summed E-state index contributed by atoms with van der Waals surface area (Å²) in [6, 6.07) is 0. The first kappa shape index (κ1) is 11.0. The van der Waals surface area contributed by atoms with Gasteiger partial charge in [0, 0.05) is 17.4 Å². The smallest absolute Gasteiger partial charge is 0.145 e. The van der Waals surface area contributed by atoms with E-state index in [0.717, 1.165) is 17.0 Å². The molecule has 0 saturated heterocycles. The Morgan fingerprint density at radius 1 is 1.17 bits per heavy atom. The van der Waals surface area contributed by atoms with E-state index in [2.05, 4.69) is 5.16 Å². The number of hydrogen-bond donors (Lipinski definition) is 1. The van der Waals surface area contributed by atoms with Gasteiger partial charge < -0.3 is 9.63 Å². The molecule has 1 N–H and O–H groups in total. The highest BCUT2D eigenvalue weighted by Crippen LogP contribution is 2.63. The van der Waals surface area contributed by atoms with Crippen LogP contribution in [0.4, 0.5) is 0 Å². The molecule has 1 heterocycles. The first-order valence-electron chi connectivity index (χ1n) is 7.43. The van der Waals surface area contributed by atoms with E-state index < -0.39 is 0 Å². The molecule has 1 atom stereocenters. The Labute approximate surface area is 108 Å². The van der Waals surface area contributed by atoms with Crippen LogP contribution in [0.3, 0.4) is 0 Å². The van der Waals surface area contributed by atoms with Crippen LogP contribution in [0.15, 0.2) is 4.52 Å². The van der Waals surface area contributed by atoms with E-state index in [1.807, 2.05) is 0 Å². The third-order valence-electron chi connectivity index (χ3n) is 5.33. The first-order valence-corrected chi connectivity index (χ1v) is 7.43. The van der Waals surface area contributed by atoms with Crippen molar-refractivity contribution in [2.45, 2.75) is 69.8 Å². The van der Waals surface area contributed by atoms with Crippen molar-refractivity contribution in [1.29, 1.82) is 0 Å². The maximum atomic E-state index is 9.69. The van der Waals surface area contributed by atoms with Crippen LogP contribution in [0.2, 0.25) is 0 Å². The van der Waals surface area contributed by atoms with Gasteiger partial charge in [0.05, 0.1) is 12.3 Å². The van der Waals surface area contributed by atoms with Crippen molar-refractivity contribution in [1.82, 2.24) is 5.16 Å². The Morgan fingerprint density at radius 3 is 2.67 bits per heavy atom. The first-order chi connectivity index (χ1) is 8.84. The highest BCUT2D eigenvalue weighted by Gasteiger charge is 2.52. The zero-order valence-corrected chi connectivity index (χ0v) is 10.8. The fourth-order valence-electron chi connectivity index (χ4n) is 3.93. The van der Waals surface area contributed by atoms with Gasteiger partial charge in [-0.15, -0.1) is 0 Å². The van der Waals surface area contributed by atoms with E-state index in [4.69, 9.17) is 4.52 Å². The van der Waals surface area contributed by atoms with Gasteiger partial charge in [0.15, 0.2) is 0 Å². The molecule has 3 saturated carbocycles. The number of hydrogen-bond acceptors (Lipinski definition) is 3. The molecule has 1 aromatic heterocycles. The second-order valence-electron chi connectivity index (χ2n) is 6.50. The minimum Gasteiger partial charge on any atom is -0.391 e. The highest BCUT2D eigenvalue weighted by atomic mass is 16.5. The zero-order chi connectivity index (χ0) is 12.2. The van der Waals surface area contributed by atoms with Crippen LogP contribution < -0.4 is 0 Å². The van der Waals surface area contributed by atoms with Crippen molar-refractivity contribution >= 4 is 0 Å². The molecule has 18 heavy (non-hydrogen) atoms. The molecule has 1 unspecified atom stereocenters. The predicted molar refractivity (Wildman–Crippen MR) is 67.3 cm³/mol. The minimum absolute atomic E-state index is 0.108. The third-order valence-corrected chi connectivity index (χ3v) is 5.33. The summed E-state index contributed by atoms with van der Waals surface area (Å²) < 4.78 is 5.57. The van der Waals surface area contributed by atoms with Crippen LogP contribution >= 0.6 is 0 Å². The quantitative estimate of drug-likeness (QED) is 0.889. The standard InChI is InChI=1S/C15H21NO2/c17-9-11-13(16-18-14(11)10-4-5-10)12-3-1-2-6-15(12)7-8-15/h10,12,17H,1-9H2. The minimum atomic E-state index is 0.108. The number of rotatable bonds is 3. The largest absolute Gasteiger partial charge is 0.391 e. The summed E-state index contributed by atoms with van der Waals surface area (Å²) >= 11 is 0. The maximum absolute atomic E-state index is 9.69. The van der Waals surface area contributed by atoms with Crippen LogP contribution in [-0.4, -0.2) is 10.3 Å². The molecular formula is C15H21NO2. The summed E-state index contributed by atoms with van der Waals surface area (Å²) in [4.78, 5) is 0. The molecule has 0 radical (unpaired) electrons. The molecule has 1 spiro atoms. The number of aliphatic hydroxyl groups is 1. The lowest BCUT2D eigenvalue weighted by Crippen LogP contribution is -2.20. The normalized spacial score (nSPS) is 29.7. The molecule has 3 heteroatoms. The molecular weight excluding hydrogens is 226 g/mol. The molecule has 0 aliphatic heterocycles. The Balaban J connectivity index is 1.70. The second kappa shape index (κ2) is 3.83. The summed E-state index contributed by atoms with van der Waals surface area (Å²) in [6.45, 7) is 0.108. The highest BCUT2D eigenvalue weighted by molar-refractivity contribution is 5.33. The van der Waals surface area contributed by atoms with Crippen LogP contribution in [-0.2, 0) is 6.61 Å². The molecule has 0 bridgehead atoms. The van der Waals surface area contributed by atoms with Crippen molar-refractivity contribution in [2.24, 2.45) is 5.41 Å². The number of nitrogens with zero attached hydrogens (tertiary/aromatic N) is 1. The third kappa shape index (κ3) is 1.56. The average molecular weight is 247 g/mol. The molecule has 3 nitrogen and oxygen atoms in total. The van der Waals surface area contributed by atoms with Gasteiger partial charge in [0.2, 0.25) is 0 Å². The Bertz CT molecular complexity index is 457. The number of aromatic nitrogens is 1. The molecule has 0 amide bonds. The number of aliphatic hydroxyl groups excluding tert-OH is 1. The van der Waals surface area contributed by atoms with Gasteiger partial charge in [0.1, 0.15) is 5.76 Å². The summed E-state index contributed by atoms with van der Waals surface area (Å²) in [6.07, 6.45) is 10.4. The van der Waals surface area contributed by atoms with Gasteiger partial charge in [-0.25, -0.2) is 0 Å². The van der Waals surface area contributed by atoms with Crippen LogP contribution in [0.1, 0.15) is 80.2 Å². The Morgan fingerprint density at radius 2 is 2.00 bits per heavy atom. The zero-order valence-electron chi connectivity index (χ0n) is 10.8. The van der Waals surface area contributed by atoms with E-state index in [0.29, 0.717) is 17.3 Å². The van der Waals surface area contributed by atoms with Gasteiger partial charge in [-0.3, -0.25) is 0 Å². The van der Waals surface area contributed by atoms with Gasteiger partial charge in [-0.2, -0.15) is 0 Å². The molecule has 3 aliphatic rings. The van der Waals surface area contributed by atoms with Crippen molar-refractivity contribution < 1.29 is 9.63 Å². The van der Waals surface area contributed by atoms with Gasteiger partial charge in [-0.1, -0.05) is 18.0 Å². The van der Waals surface area contributed by atoms with Crippen molar-refractivity contribution in [3.8, 4) is 0 Å². The van der Waals surface area contributed by atoms with E-state index in [-0.39, 0.29) is 6.61 Å². The Kier molecular flexibility index (Phi) is 2.35. The molecule has 3 aliphatic carbocycles. The summed E-state index contributed by atoms with van der Waals surface area (Å²) in [5.74, 6) is 2.10. The maximum Gasteiger partial charge on any atom is 0.145 e. The molecule has 0 aromatic carbocycles. The molecule has 3 fully saturated rings. The SMILES string of the molecule is OCc1c(C2CCCCC23CC3)noc1C1CC1. The molecule has 1 aromatic rings. The summed E-state index contributed by atoms with van der Waals surface area (Å²) in [7, 11) is 0. The molecule has 4 rings (SSSR count). The van der Waals surface area contributed by atoms with E-state index >= 15 is 0 Å². The topological polar surface area (TPSA) is 46.3 Å². The van der Waals surface area contributed by atoms with Crippen molar-refractivity contribution in [2.75, 3.05) is 0 Å². The fraction of sp³-hybridized carbons (Fsp3) is 0.800. The van der Waals surface area contributed by atoms with Crippen molar-refractivity contribution in [3.63, 3.8) is 0 Å². The van der Waals surface area contributed by atoms with E-state index in [9.17, 15) is 5.11 Å². The van der Waals surface area contributed by atoms with Crippen LogP contribution in [0.25, 0.3) is 0 Å². The van der Waals surface area contributed by atoms with E-state index in [1.165, 1.54) is 51.4 Å². The second-order valence-corrected chi connectivity index (χ2v) is 6.50. The van der Waals surface area contributed by atoms with Gasteiger partial charge in [-0.05, 0) is 43.9 Å². The predicted octanol–water partition coefficient (Wildman–Crippen LogP) is 3.48. The van der Waals surface area contributed by atoms with Crippen LogP contribution in [0, 0.1) is 5.41 Å². The van der Waals surface area contributed by atoms with Gasteiger partial charge in [0.25, 0.3) is 0 Å². The lowest BCUT2D eigenvalue weighted by molar-refractivity contribution is 0.257. The fourth-order valence-corrected chi connectivity index (χ4v) is 3.93. The van der Waals surface area contributed by atoms with E-state index in [1.54, 1.807) is 0 Å². The van der Waals surface area contributed by atoms with Crippen molar-refractivity contribution in [3.05, 3.63) is 17.0 Å². The summed E-state index contributed by atoms with van der Waals surface area (Å²) in [5, 5.41) is 14.1. The van der Waals surface area contributed by atoms with Gasteiger partial charge >= 0.3 is 0 Å². The van der Waals surface area contributed by atoms with Crippen LogP contribution in [0.5, 0.6) is 0 Å². The Hall–Kier alpha value is -0.830.